The van der Waals surface area contributed by atoms with Crippen molar-refractivity contribution in [2.75, 3.05) is 19.4 Å². The van der Waals surface area contributed by atoms with E-state index in [0.29, 0.717) is 16.9 Å². The fraction of sp³-hybridized carbons (Fsp3) is 0.111. The molecule has 0 aliphatic carbocycles. The van der Waals surface area contributed by atoms with Crippen molar-refractivity contribution in [3.05, 3.63) is 65.9 Å². The predicted octanol–water partition coefficient (Wildman–Crippen LogP) is 3.12. The van der Waals surface area contributed by atoms with Gasteiger partial charge in [0.2, 0.25) is 0 Å². The number of hydrogen-bond donors (Lipinski definition) is 2. The second-order valence-electron chi connectivity index (χ2n) is 5.50. The van der Waals surface area contributed by atoms with Crippen LogP contribution in [0.2, 0.25) is 0 Å². The average Bonchev–Trinajstić information content (AvgIpc) is 2.99. The molecule has 0 radical (unpaired) electrons. The highest BCUT2D eigenvalue weighted by molar-refractivity contribution is 6.06. The molecule has 3 aromatic rings. The molecule has 0 atom stereocenters. The minimum atomic E-state index is -0.215. The Morgan fingerprint density at radius 1 is 1.00 bits per heavy atom. The molecule has 0 unspecified atom stereocenters. The van der Waals surface area contributed by atoms with Crippen molar-refractivity contribution in [2.24, 2.45) is 0 Å². The molecule has 0 aliphatic rings. The van der Waals surface area contributed by atoms with Gasteiger partial charge in [-0.25, -0.2) is 0 Å². The highest BCUT2D eigenvalue weighted by atomic mass is 16.2. The van der Waals surface area contributed by atoms with Crippen LogP contribution in [-0.4, -0.2) is 35.8 Å². The first-order valence-electron chi connectivity index (χ1n) is 7.25. The van der Waals surface area contributed by atoms with Crippen LogP contribution < -0.4 is 5.32 Å². The summed E-state index contributed by atoms with van der Waals surface area (Å²) in [6.45, 7) is 0. The summed E-state index contributed by atoms with van der Waals surface area (Å²) >= 11 is 0. The van der Waals surface area contributed by atoms with Gasteiger partial charge < -0.3 is 15.2 Å². The number of aromatic nitrogens is 1. The quantitative estimate of drug-likeness (QED) is 0.781. The number of nitrogens with zero attached hydrogens (tertiary/aromatic N) is 1. The molecule has 5 nitrogen and oxygen atoms in total. The van der Waals surface area contributed by atoms with Gasteiger partial charge in [0.25, 0.3) is 11.8 Å². The van der Waals surface area contributed by atoms with E-state index in [9.17, 15) is 9.59 Å². The van der Waals surface area contributed by atoms with E-state index in [2.05, 4.69) is 10.3 Å². The Bertz CT molecular complexity index is 830. The molecule has 2 amide bonds. The summed E-state index contributed by atoms with van der Waals surface area (Å²) in [6.07, 6.45) is 0. The highest BCUT2D eigenvalue weighted by Crippen LogP contribution is 2.17. The van der Waals surface area contributed by atoms with Gasteiger partial charge in [0.15, 0.2) is 0 Å². The lowest BCUT2D eigenvalue weighted by molar-refractivity contribution is 0.0827. The van der Waals surface area contributed by atoms with Crippen molar-refractivity contribution in [3.8, 4) is 0 Å². The van der Waals surface area contributed by atoms with Gasteiger partial charge in [-0.15, -0.1) is 0 Å². The van der Waals surface area contributed by atoms with Gasteiger partial charge in [-0.1, -0.05) is 18.2 Å². The van der Waals surface area contributed by atoms with Crippen LogP contribution in [0.15, 0.2) is 54.6 Å². The zero-order valence-corrected chi connectivity index (χ0v) is 13.0. The fourth-order valence-corrected chi connectivity index (χ4v) is 2.35. The fourth-order valence-electron chi connectivity index (χ4n) is 2.35. The molecule has 0 saturated heterocycles. The van der Waals surface area contributed by atoms with Gasteiger partial charge in [0.05, 0.1) is 0 Å². The van der Waals surface area contributed by atoms with E-state index in [-0.39, 0.29) is 11.8 Å². The minimum absolute atomic E-state index is 0.0708. The topological polar surface area (TPSA) is 65.2 Å². The summed E-state index contributed by atoms with van der Waals surface area (Å²) in [7, 11) is 3.40. The standard InChI is InChI=1S/C18H17N3O2/c1-21(2)18(23)12-7-9-14(10-8-12)19-17(22)16-11-13-5-3-4-6-15(13)20-16/h3-11,20H,1-2H3,(H,19,22). The average molecular weight is 307 g/mol. The number of H-pyrrole nitrogens is 1. The highest BCUT2D eigenvalue weighted by Gasteiger charge is 2.11. The van der Waals surface area contributed by atoms with E-state index in [4.69, 9.17) is 0 Å². The molecule has 0 bridgehead atoms. The van der Waals surface area contributed by atoms with E-state index >= 15 is 0 Å². The Morgan fingerprint density at radius 2 is 1.70 bits per heavy atom. The molecule has 3 rings (SSSR count). The van der Waals surface area contributed by atoms with Gasteiger partial charge in [-0.2, -0.15) is 0 Å². The Morgan fingerprint density at radius 3 is 2.35 bits per heavy atom. The Balaban J connectivity index is 1.76. The van der Waals surface area contributed by atoms with E-state index in [1.165, 1.54) is 4.90 Å². The number of hydrogen-bond acceptors (Lipinski definition) is 2. The summed E-state index contributed by atoms with van der Waals surface area (Å²) in [4.78, 5) is 28.7. The lowest BCUT2D eigenvalue weighted by atomic mass is 10.2. The lowest BCUT2D eigenvalue weighted by Gasteiger charge is -2.10. The predicted molar refractivity (Wildman–Crippen MR) is 90.7 cm³/mol. The van der Waals surface area contributed by atoms with Crippen LogP contribution in [0.1, 0.15) is 20.8 Å². The van der Waals surface area contributed by atoms with Crippen LogP contribution in [0.5, 0.6) is 0 Å². The Hall–Kier alpha value is -3.08. The number of nitrogens with one attached hydrogen (secondary N) is 2. The van der Waals surface area contributed by atoms with Crippen LogP contribution in [0.3, 0.4) is 0 Å². The summed E-state index contributed by atoms with van der Waals surface area (Å²) in [6, 6.07) is 16.4. The van der Waals surface area contributed by atoms with E-state index in [0.717, 1.165) is 10.9 Å². The van der Waals surface area contributed by atoms with Crippen molar-refractivity contribution < 1.29 is 9.59 Å². The van der Waals surface area contributed by atoms with E-state index in [1.807, 2.05) is 30.3 Å². The maximum absolute atomic E-state index is 12.3. The molecule has 2 aromatic carbocycles. The van der Waals surface area contributed by atoms with Crippen molar-refractivity contribution in [2.45, 2.75) is 0 Å². The summed E-state index contributed by atoms with van der Waals surface area (Å²) < 4.78 is 0. The van der Waals surface area contributed by atoms with Crippen LogP contribution >= 0.6 is 0 Å². The monoisotopic (exact) mass is 307 g/mol. The molecule has 5 heteroatoms. The van der Waals surface area contributed by atoms with Gasteiger partial charge in [-0.05, 0) is 36.4 Å². The molecule has 1 aromatic heterocycles. The number of carbonyl (C=O) groups is 2. The van der Waals surface area contributed by atoms with Crippen molar-refractivity contribution in [1.82, 2.24) is 9.88 Å². The third-order valence-corrected chi connectivity index (χ3v) is 3.57. The number of amides is 2. The second kappa shape index (κ2) is 5.96. The molecule has 0 saturated carbocycles. The molecule has 2 N–H and O–H groups in total. The third kappa shape index (κ3) is 3.08. The molecule has 1 heterocycles. The van der Waals surface area contributed by atoms with Crippen molar-refractivity contribution in [1.29, 1.82) is 0 Å². The summed E-state index contributed by atoms with van der Waals surface area (Å²) in [5.41, 5.74) is 2.65. The smallest absolute Gasteiger partial charge is 0.272 e. The minimum Gasteiger partial charge on any atom is -0.351 e. The van der Waals surface area contributed by atoms with Gasteiger partial charge in [0.1, 0.15) is 5.69 Å². The first kappa shape index (κ1) is 14.8. The number of fused-ring (bicyclic) bond motifs is 1. The number of benzene rings is 2. The summed E-state index contributed by atoms with van der Waals surface area (Å²) in [5.74, 6) is -0.286. The van der Waals surface area contributed by atoms with Crippen molar-refractivity contribution in [3.63, 3.8) is 0 Å². The third-order valence-electron chi connectivity index (χ3n) is 3.57. The lowest BCUT2D eigenvalue weighted by Crippen LogP contribution is -2.21. The second-order valence-corrected chi connectivity index (χ2v) is 5.50. The number of rotatable bonds is 3. The first-order chi connectivity index (χ1) is 11.0. The van der Waals surface area contributed by atoms with Crippen LogP contribution in [-0.2, 0) is 0 Å². The molecular formula is C18H17N3O2. The van der Waals surface area contributed by atoms with Crippen molar-refractivity contribution >= 4 is 28.4 Å². The molecule has 23 heavy (non-hydrogen) atoms. The zero-order chi connectivity index (χ0) is 16.4. The molecule has 0 fully saturated rings. The molecule has 0 aliphatic heterocycles. The molecular weight excluding hydrogens is 290 g/mol. The summed E-state index contributed by atoms with van der Waals surface area (Å²) in [5, 5.41) is 3.81. The van der Waals surface area contributed by atoms with Gasteiger partial charge in [0, 0.05) is 36.2 Å². The normalized spacial score (nSPS) is 10.5. The maximum Gasteiger partial charge on any atom is 0.272 e. The van der Waals surface area contributed by atoms with Gasteiger partial charge >= 0.3 is 0 Å². The number of para-hydroxylation sites is 1. The van der Waals surface area contributed by atoms with E-state index in [1.54, 1.807) is 38.4 Å². The largest absolute Gasteiger partial charge is 0.351 e. The first-order valence-corrected chi connectivity index (χ1v) is 7.25. The number of aromatic amines is 1. The number of anilines is 1. The maximum atomic E-state index is 12.3. The zero-order valence-electron chi connectivity index (χ0n) is 13.0. The Kier molecular flexibility index (Phi) is 3.85. The SMILES string of the molecule is CN(C)C(=O)c1ccc(NC(=O)c2cc3ccccc3[nH]2)cc1. The Labute approximate surface area is 133 Å². The van der Waals surface area contributed by atoms with Gasteiger partial charge in [-0.3, -0.25) is 9.59 Å². The molecule has 0 spiro atoms. The number of carbonyl (C=O) groups excluding carboxylic acids is 2. The van der Waals surface area contributed by atoms with E-state index < -0.39 is 0 Å². The van der Waals surface area contributed by atoms with Crippen LogP contribution in [0.25, 0.3) is 10.9 Å². The van der Waals surface area contributed by atoms with Crippen LogP contribution in [0, 0.1) is 0 Å². The molecule has 116 valence electrons. The van der Waals surface area contributed by atoms with Crippen LogP contribution in [0.4, 0.5) is 5.69 Å².